The molecule has 0 saturated heterocycles. The molecular weight excluding hydrogens is 192 g/mol. The molecule has 1 aromatic rings. The van der Waals surface area contributed by atoms with Crippen LogP contribution in [0.1, 0.15) is 55.7 Å². The molecule has 0 atom stereocenters. The predicted molar refractivity (Wildman–Crippen MR) is 72.5 cm³/mol. The van der Waals surface area contributed by atoms with Crippen LogP contribution in [0.5, 0.6) is 0 Å². The van der Waals surface area contributed by atoms with Crippen molar-refractivity contribution in [3.05, 3.63) is 47.5 Å². The van der Waals surface area contributed by atoms with E-state index in [1.54, 1.807) is 0 Å². The molecule has 0 heterocycles. The molecular formula is C16H20. The van der Waals surface area contributed by atoms with Gasteiger partial charge in [-0.05, 0) is 54.9 Å². The van der Waals surface area contributed by atoms with Crippen molar-refractivity contribution in [2.24, 2.45) is 0 Å². The van der Waals surface area contributed by atoms with Crippen LogP contribution >= 0.6 is 0 Å². The first-order valence-corrected chi connectivity index (χ1v) is 6.16. The maximum Gasteiger partial charge on any atom is -0.0123 e. The van der Waals surface area contributed by atoms with Gasteiger partial charge in [-0.25, -0.2) is 0 Å². The highest BCUT2D eigenvalue weighted by Crippen LogP contribution is 2.40. The van der Waals surface area contributed by atoms with Gasteiger partial charge in [0.2, 0.25) is 0 Å². The fourth-order valence-electron chi connectivity index (χ4n) is 2.42. The number of rotatable bonds is 3. The van der Waals surface area contributed by atoms with Crippen molar-refractivity contribution in [2.45, 2.75) is 39.0 Å². The zero-order chi connectivity index (χ0) is 11.5. The van der Waals surface area contributed by atoms with Crippen LogP contribution in [-0.2, 0) is 0 Å². The molecule has 0 nitrogen and oxygen atoms in total. The summed E-state index contributed by atoms with van der Waals surface area (Å²) in [7, 11) is 0. The number of hydrogen-bond acceptors (Lipinski definition) is 0. The van der Waals surface area contributed by atoms with Gasteiger partial charge in [0.15, 0.2) is 0 Å². The maximum atomic E-state index is 3.93. The zero-order valence-corrected chi connectivity index (χ0v) is 10.3. The highest BCUT2D eigenvalue weighted by molar-refractivity contribution is 5.75. The molecule has 0 aromatic heterocycles. The molecule has 0 N–H and O–H groups in total. The summed E-state index contributed by atoms with van der Waals surface area (Å²) >= 11 is 0. The van der Waals surface area contributed by atoms with Crippen molar-refractivity contribution in [1.29, 1.82) is 0 Å². The first kappa shape index (κ1) is 11.2. The average Bonchev–Trinajstić information content (AvgIpc) is 2.25. The van der Waals surface area contributed by atoms with Crippen LogP contribution in [0.2, 0.25) is 0 Å². The minimum atomic E-state index is 0.782. The lowest BCUT2D eigenvalue weighted by Gasteiger charge is -2.29. The van der Waals surface area contributed by atoms with Crippen molar-refractivity contribution < 1.29 is 0 Å². The summed E-state index contributed by atoms with van der Waals surface area (Å²) in [4.78, 5) is 0. The van der Waals surface area contributed by atoms with Crippen LogP contribution in [0.4, 0.5) is 0 Å². The highest BCUT2D eigenvalue weighted by Gasteiger charge is 2.23. The third-order valence-electron chi connectivity index (χ3n) is 3.72. The van der Waals surface area contributed by atoms with Crippen molar-refractivity contribution in [3.63, 3.8) is 0 Å². The second-order valence-corrected chi connectivity index (χ2v) is 4.62. The fraction of sp³-hybridized carbons (Fsp3) is 0.375. The van der Waals surface area contributed by atoms with Gasteiger partial charge in [-0.15, -0.1) is 0 Å². The fourth-order valence-corrected chi connectivity index (χ4v) is 2.42. The van der Waals surface area contributed by atoms with Crippen LogP contribution < -0.4 is 0 Å². The smallest absolute Gasteiger partial charge is 0.0123 e. The van der Waals surface area contributed by atoms with Gasteiger partial charge in [-0.1, -0.05) is 43.4 Å². The molecule has 0 bridgehead atoms. The van der Waals surface area contributed by atoms with Gasteiger partial charge in [0, 0.05) is 0 Å². The van der Waals surface area contributed by atoms with Gasteiger partial charge in [0.25, 0.3) is 0 Å². The minimum absolute atomic E-state index is 0.782. The summed E-state index contributed by atoms with van der Waals surface area (Å²) in [6, 6.07) is 6.62. The monoisotopic (exact) mass is 212 g/mol. The van der Waals surface area contributed by atoms with Crippen LogP contribution in [0.25, 0.3) is 11.6 Å². The molecule has 0 radical (unpaired) electrons. The summed E-state index contributed by atoms with van der Waals surface area (Å²) in [6.45, 7) is 8.24. The van der Waals surface area contributed by atoms with E-state index < -0.39 is 0 Å². The van der Waals surface area contributed by atoms with Crippen molar-refractivity contribution in [1.82, 2.24) is 0 Å². The predicted octanol–water partition coefficient (Wildman–Crippen LogP) is 5.02. The van der Waals surface area contributed by atoms with E-state index in [4.69, 9.17) is 0 Å². The first-order chi connectivity index (χ1) is 7.77. The van der Waals surface area contributed by atoms with Crippen molar-refractivity contribution >= 4 is 11.6 Å². The lowest BCUT2D eigenvalue weighted by atomic mass is 9.76. The Morgan fingerprint density at radius 2 is 2.12 bits per heavy atom. The third-order valence-corrected chi connectivity index (χ3v) is 3.72. The maximum absolute atomic E-state index is 3.93. The Kier molecular flexibility index (Phi) is 3.28. The van der Waals surface area contributed by atoms with E-state index in [2.05, 4.69) is 44.7 Å². The van der Waals surface area contributed by atoms with Gasteiger partial charge in [0.1, 0.15) is 0 Å². The van der Waals surface area contributed by atoms with E-state index >= 15 is 0 Å². The lowest BCUT2D eigenvalue weighted by molar-refractivity contribution is 0.419. The molecule has 16 heavy (non-hydrogen) atoms. The summed E-state index contributed by atoms with van der Waals surface area (Å²) in [6.07, 6.45) is 8.27. The second-order valence-electron chi connectivity index (χ2n) is 4.62. The van der Waals surface area contributed by atoms with Gasteiger partial charge in [-0.2, -0.15) is 0 Å². The van der Waals surface area contributed by atoms with Crippen LogP contribution in [0, 0.1) is 0 Å². The third kappa shape index (κ3) is 1.84. The Labute approximate surface area is 98.7 Å². The molecule has 84 valence electrons. The number of allylic oxidation sites excluding steroid dienone is 2. The van der Waals surface area contributed by atoms with Gasteiger partial charge < -0.3 is 0 Å². The summed E-state index contributed by atoms with van der Waals surface area (Å²) in [5.74, 6) is 0.782. The van der Waals surface area contributed by atoms with E-state index in [1.165, 1.54) is 41.5 Å². The molecule has 0 amide bonds. The Bertz CT molecular complexity index is 420. The zero-order valence-electron chi connectivity index (χ0n) is 10.3. The van der Waals surface area contributed by atoms with Gasteiger partial charge in [0.05, 0.1) is 0 Å². The van der Waals surface area contributed by atoms with E-state index in [1.807, 2.05) is 6.08 Å². The lowest BCUT2D eigenvalue weighted by Crippen LogP contribution is -2.11. The Hall–Kier alpha value is -1.30. The summed E-state index contributed by atoms with van der Waals surface area (Å²) in [5, 5.41) is 0. The molecule has 0 unspecified atom stereocenters. The van der Waals surface area contributed by atoms with Crippen molar-refractivity contribution in [2.75, 3.05) is 0 Å². The summed E-state index contributed by atoms with van der Waals surface area (Å²) in [5.41, 5.74) is 5.60. The Morgan fingerprint density at radius 3 is 2.62 bits per heavy atom. The van der Waals surface area contributed by atoms with Gasteiger partial charge in [-0.3, -0.25) is 0 Å². The van der Waals surface area contributed by atoms with E-state index in [0.717, 1.165) is 5.92 Å². The van der Waals surface area contributed by atoms with E-state index in [0.29, 0.717) is 0 Å². The standard InChI is InChI=1S/C16H20/c1-4-12(3)16-13(5-2)8-7-11-15(16)14-9-6-10-14/h4-5,7-8,11,14H,2,6,9-10H2,1,3H3/b12-4+. The molecule has 0 aliphatic heterocycles. The molecule has 1 saturated carbocycles. The van der Waals surface area contributed by atoms with E-state index in [9.17, 15) is 0 Å². The SMILES string of the molecule is C=Cc1cccc(C2CCC2)c1/C(C)=C/C. The van der Waals surface area contributed by atoms with Crippen LogP contribution in [-0.4, -0.2) is 0 Å². The minimum Gasteiger partial charge on any atom is -0.0984 e. The second kappa shape index (κ2) is 4.69. The van der Waals surface area contributed by atoms with Gasteiger partial charge >= 0.3 is 0 Å². The Morgan fingerprint density at radius 1 is 1.38 bits per heavy atom. The van der Waals surface area contributed by atoms with Crippen LogP contribution in [0.15, 0.2) is 30.9 Å². The number of hydrogen-bond donors (Lipinski definition) is 0. The quantitative estimate of drug-likeness (QED) is 0.660. The molecule has 1 aromatic carbocycles. The van der Waals surface area contributed by atoms with E-state index in [-0.39, 0.29) is 0 Å². The molecule has 1 aliphatic carbocycles. The molecule has 0 heteroatoms. The first-order valence-electron chi connectivity index (χ1n) is 6.16. The molecule has 1 fully saturated rings. The largest absolute Gasteiger partial charge is 0.0984 e. The number of benzene rings is 1. The summed E-state index contributed by atoms with van der Waals surface area (Å²) < 4.78 is 0. The highest BCUT2D eigenvalue weighted by atomic mass is 14.3. The Balaban J connectivity index is 2.54. The van der Waals surface area contributed by atoms with Crippen LogP contribution in [0.3, 0.4) is 0 Å². The average molecular weight is 212 g/mol. The topological polar surface area (TPSA) is 0 Å². The molecule has 0 spiro atoms. The van der Waals surface area contributed by atoms with Crippen molar-refractivity contribution in [3.8, 4) is 0 Å². The normalized spacial score (nSPS) is 17.0. The molecule has 2 rings (SSSR count). The molecule has 1 aliphatic rings.